The van der Waals surface area contributed by atoms with Crippen LogP contribution in [0.3, 0.4) is 0 Å². The molecule has 1 amide bonds. The fraction of sp³-hybridized carbons (Fsp3) is 0.333. The summed E-state index contributed by atoms with van der Waals surface area (Å²) in [5.74, 6) is -0.824. The molecule has 1 radical (unpaired) electrons. The maximum Gasteiger partial charge on any atom is 0.250 e. The van der Waals surface area contributed by atoms with Gasteiger partial charge in [-0.25, -0.2) is 0 Å². The Balaban J connectivity index is 3.26. The van der Waals surface area contributed by atoms with Crippen LogP contribution in [0.1, 0.15) is 0 Å². The van der Waals surface area contributed by atoms with Crippen LogP contribution >= 0.6 is 0 Å². The van der Waals surface area contributed by atoms with Crippen molar-refractivity contribution < 1.29 is 9.28 Å². The second-order valence-corrected chi connectivity index (χ2v) is 0.871. The van der Waals surface area contributed by atoms with E-state index in [4.69, 9.17) is 0 Å². The Morgan fingerprint density at radius 3 is 2.17 bits per heavy atom. The predicted octanol–water partition coefficient (Wildman–Crippen LogP) is 0.163. The molecule has 0 fully saturated rings. The molecule has 0 aliphatic carbocycles. The number of hydrogen-bond acceptors (Lipinski definition) is 1. The maximum atomic E-state index is 11.2. The lowest BCUT2D eigenvalue weighted by molar-refractivity contribution is -0.137. The largest absolute Gasteiger partial charge is 0.272 e. The molecule has 0 aromatic heterocycles. The second kappa shape index (κ2) is 1.74. The predicted molar refractivity (Wildman–Crippen MR) is 19.2 cm³/mol. The zero-order valence-electron chi connectivity index (χ0n) is 3.44. The van der Waals surface area contributed by atoms with E-state index >= 15 is 0 Å². The lowest BCUT2D eigenvalue weighted by atomic mass is 10.7. The van der Waals surface area contributed by atoms with Crippen LogP contribution in [0.5, 0.6) is 0 Å². The van der Waals surface area contributed by atoms with E-state index in [1.807, 2.05) is 0 Å². The lowest BCUT2D eigenvalue weighted by Crippen LogP contribution is -2.12. The van der Waals surface area contributed by atoms with Crippen molar-refractivity contribution in [3.63, 3.8) is 0 Å². The summed E-state index contributed by atoms with van der Waals surface area (Å²) in [5.41, 5.74) is 0. The highest BCUT2D eigenvalue weighted by Crippen LogP contribution is 1.77. The van der Waals surface area contributed by atoms with Crippen molar-refractivity contribution >= 4 is 5.91 Å². The number of amides is 1. The van der Waals surface area contributed by atoms with Crippen LogP contribution in [0.15, 0.2) is 0 Å². The zero-order valence-corrected chi connectivity index (χ0v) is 3.44. The Kier molecular flexibility index (Phi) is 1.57. The Hall–Kier alpha value is -0.600. The lowest BCUT2D eigenvalue weighted by Gasteiger charge is -1.94. The molecule has 0 bridgehead atoms. The maximum absolute atomic E-state index is 11.2. The average Bonchev–Trinajstić information content (AvgIpc) is 1.36. The van der Waals surface area contributed by atoms with Gasteiger partial charge in [-0.15, -0.1) is 0 Å². The summed E-state index contributed by atoms with van der Waals surface area (Å²) in [7, 11) is 0.995. The molecule has 0 N–H and O–H groups in total. The van der Waals surface area contributed by atoms with Crippen LogP contribution in [0.4, 0.5) is 4.48 Å². The van der Waals surface area contributed by atoms with Crippen LogP contribution in [0.25, 0.3) is 0 Å². The normalized spacial score (nSPS) is 7.83. The molecule has 2 nitrogen and oxygen atoms in total. The molecule has 0 spiro atoms. The van der Waals surface area contributed by atoms with Gasteiger partial charge >= 0.3 is 0 Å². The molecule has 0 saturated heterocycles. The van der Waals surface area contributed by atoms with Crippen LogP contribution in [-0.4, -0.2) is 18.1 Å². The molecule has 0 unspecified atom stereocenters. The van der Waals surface area contributed by atoms with Crippen LogP contribution in [0, 0.1) is 6.92 Å². The standard InChI is InChI=1S/C3H5FNO/c1-3(6)5(2)4/h1H2,2H3. The summed E-state index contributed by atoms with van der Waals surface area (Å²) in [5, 5.41) is -0.0833. The molecule has 0 rings (SSSR count). The number of carbonyl (C=O) groups is 1. The van der Waals surface area contributed by atoms with E-state index in [1.54, 1.807) is 0 Å². The summed E-state index contributed by atoms with van der Waals surface area (Å²) in [6.45, 7) is 2.75. The Bertz CT molecular complexity index is 61.8. The minimum Gasteiger partial charge on any atom is -0.272 e. The molecule has 35 valence electrons. The number of hydrogen-bond donors (Lipinski definition) is 0. The molecule has 0 aliphatic heterocycles. The quantitative estimate of drug-likeness (QED) is 0.388. The first-order valence-corrected chi connectivity index (χ1v) is 1.40. The van der Waals surface area contributed by atoms with Gasteiger partial charge in [0.05, 0.1) is 0 Å². The molecule has 6 heavy (non-hydrogen) atoms. The van der Waals surface area contributed by atoms with Crippen molar-refractivity contribution in [2.45, 2.75) is 0 Å². The molecule has 0 aromatic rings. The highest BCUT2D eigenvalue weighted by Gasteiger charge is 1.93. The fourth-order valence-corrected chi connectivity index (χ4v) is 0. The van der Waals surface area contributed by atoms with Crippen molar-refractivity contribution in [3.05, 3.63) is 6.92 Å². The van der Waals surface area contributed by atoms with Crippen LogP contribution < -0.4 is 0 Å². The summed E-state index contributed by atoms with van der Waals surface area (Å²) in [4.78, 5) is 9.58. The third-order valence-corrected chi connectivity index (χ3v) is 0.344. The van der Waals surface area contributed by atoms with E-state index < -0.39 is 5.91 Å². The number of rotatable bonds is 0. The highest BCUT2D eigenvalue weighted by atomic mass is 19.2. The van der Waals surface area contributed by atoms with E-state index in [-0.39, 0.29) is 5.12 Å². The van der Waals surface area contributed by atoms with E-state index in [0.717, 1.165) is 7.05 Å². The van der Waals surface area contributed by atoms with Gasteiger partial charge in [0.2, 0.25) is 5.91 Å². The zero-order chi connectivity index (χ0) is 5.15. The number of halogens is 1. The fourth-order valence-electron chi connectivity index (χ4n) is 0. The minimum absolute atomic E-state index is 0.0833. The van der Waals surface area contributed by atoms with E-state index in [1.165, 1.54) is 0 Å². The Labute approximate surface area is 35.5 Å². The first-order chi connectivity index (χ1) is 2.64. The van der Waals surface area contributed by atoms with Gasteiger partial charge in [0.1, 0.15) is 0 Å². The van der Waals surface area contributed by atoms with E-state index in [9.17, 15) is 9.28 Å². The highest BCUT2D eigenvalue weighted by molar-refractivity contribution is 5.78. The Morgan fingerprint density at radius 1 is 2.00 bits per heavy atom. The van der Waals surface area contributed by atoms with Crippen molar-refractivity contribution in [2.75, 3.05) is 7.05 Å². The third-order valence-electron chi connectivity index (χ3n) is 0.344. The number of carbonyl (C=O) groups excluding carboxylic acids is 1. The van der Waals surface area contributed by atoms with Gasteiger partial charge in [0.15, 0.2) is 0 Å². The topological polar surface area (TPSA) is 20.3 Å². The van der Waals surface area contributed by atoms with Crippen molar-refractivity contribution in [3.8, 4) is 0 Å². The summed E-state index contributed by atoms with van der Waals surface area (Å²) >= 11 is 0. The van der Waals surface area contributed by atoms with Crippen LogP contribution in [0.2, 0.25) is 0 Å². The molecule has 0 heterocycles. The molecule has 0 atom stereocenters. The average molecular weight is 90.1 g/mol. The third kappa shape index (κ3) is 1.69. The van der Waals surface area contributed by atoms with Crippen molar-refractivity contribution in [1.29, 1.82) is 0 Å². The SMILES string of the molecule is [CH2]C(=O)N(C)F. The molecule has 0 aliphatic rings. The van der Waals surface area contributed by atoms with E-state index in [0.29, 0.717) is 0 Å². The first kappa shape index (κ1) is 5.40. The summed E-state index contributed by atoms with van der Waals surface area (Å²) in [6, 6.07) is 0. The van der Waals surface area contributed by atoms with Gasteiger partial charge < -0.3 is 0 Å². The van der Waals surface area contributed by atoms with Gasteiger partial charge in [0, 0.05) is 14.0 Å². The van der Waals surface area contributed by atoms with Gasteiger partial charge in [-0.2, -0.15) is 5.12 Å². The molecule has 0 saturated carbocycles. The molecular formula is C3H5FNO. The monoisotopic (exact) mass is 90.0 g/mol. The van der Waals surface area contributed by atoms with Gasteiger partial charge in [-0.1, -0.05) is 4.48 Å². The van der Waals surface area contributed by atoms with Gasteiger partial charge in [-0.05, 0) is 0 Å². The van der Waals surface area contributed by atoms with Crippen LogP contribution in [-0.2, 0) is 4.79 Å². The summed E-state index contributed by atoms with van der Waals surface area (Å²) in [6.07, 6.45) is 0. The Morgan fingerprint density at radius 2 is 2.17 bits per heavy atom. The molecule has 0 aromatic carbocycles. The molecular weight excluding hydrogens is 85.0 g/mol. The minimum atomic E-state index is -0.824. The van der Waals surface area contributed by atoms with Crippen molar-refractivity contribution in [1.82, 2.24) is 5.12 Å². The van der Waals surface area contributed by atoms with Crippen molar-refractivity contribution in [2.24, 2.45) is 0 Å². The number of nitrogens with zero attached hydrogens (tertiary/aromatic N) is 1. The molecule has 3 heteroatoms. The van der Waals surface area contributed by atoms with Gasteiger partial charge in [-0.3, -0.25) is 4.79 Å². The van der Waals surface area contributed by atoms with E-state index in [2.05, 4.69) is 6.92 Å². The second-order valence-electron chi connectivity index (χ2n) is 0.871. The summed E-state index contributed by atoms with van der Waals surface area (Å²) < 4.78 is 11.2. The smallest absolute Gasteiger partial charge is 0.250 e. The van der Waals surface area contributed by atoms with Gasteiger partial charge in [0.25, 0.3) is 0 Å². The first-order valence-electron chi connectivity index (χ1n) is 1.40.